The number of halogens is 1. The Bertz CT molecular complexity index is 608. The minimum atomic E-state index is 0.00705. The molecule has 1 unspecified atom stereocenters. The van der Waals surface area contributed by atoms with Crippen LogP contribution in [0, 0.1) is 5.92 Å². The van der Waals surface area contributed by atoms with Crippen molar-refractivity contribution in [2.75, 3.05) is 38.0 Å². The lowest BCUT2D eigenvalue weighted by Gasteiger charge is -2.32. The van der Waals surface area contributed by atoms with Gasteiger partial charge in [-0.05, 0) is 66.8 Å². The Labute approximate surface area is 157 Å². The third kappa shape index (κ3) is 5.25. The summed E-state index contributed by atoms with van der Waals surface area (Å²) in [4.78, 5) is 32.6. The number of likely N-dealkylation sites (tertiary alicyclic amines) is 2. The fourth-order valence-electron chi connectivity index (χ4n) is 3.58. The molecule has 0 bridgehead atoms. The van der Waals surface area contributed by atoms with Gasteiger partial charge in [-0.2, -0.15) is 0 Å². The van der Waals surface area contributed by atoms with Crippen LogP contribution in [0.4, 0.5) is 5.82 Å². The van der Waals surface area contributed by atoms with Gasteiger partial charge in [0, 0.05) is 36.7 Å². The lowest BCUT2D eigenvalue weighted by Crippen LogP contribution is -2.41. The van der Waals surface area contributed by atoms with E-state index in [2.05, 4.69) is 31.1 Å². The number of pyridine rings is 1. The van der Waals surface area contributed by atoms with Crippen molar-refractivity contribution >= 4 is 33.6 Å². The summed E-state index contributed by atoms with van der Waals surface area (Å²) in [6.45, 7) is 4.52. The topological polar surface area (TPSA) is 65.5 Å². The van der Waals surface area contributed by atoms with Crippen LogP contribution in [0.5, 0.6) is 0 Å². The highest BCUT2D eigenvalue weighted by molar-refractivity contribution is 9.10. The van der Waals surface area contributed by atoms with E-state index in [9.17, 15) is 9.59 Å². The first-order chi connectivity index (χ1) is 12.1. The van der Waals surface area contributed by atoms with E-state index in [4.69, 9.17) is 0 Å². The molecule has 0 aromatic carbocycles. The van der Waals surface area contributed by atoms with Crippen molar-refractivity contribution in [1.29, 1.82) is 0 Å². The van der Waals surface area contributed by atoms with Crippen LogP contribution in [0.25, 0.3) is 0 Å². The molecule has 25 heavy (non-hydrogen) atoms. The van der Waals surface area contributed by atoms with Crippen molar-refractivity contribution in [3.8, 4) is 0 Å². The summed E-state index contributed by atoms with van der Waals surface area (Å²) < 4.78 is 0.894. The number of carbonyl (C=O) groups excluding carboxylic acids is 2. The van der Waals surface area contributed by atoms with Crippen molar-refractivity contribution in [2.24, 2.45) is 5.92 Å². The van der Waals surface area contributed by atoms with E-state index in [1.807, 2.05) is 11.0 Å². The third-order valence-electron chi connectivity index (χ3n) is 4.93. The Kier molecular flexibility index (Phi) is 6.42. The smallest absolute Gasteiger partial charge is 0.229 e. The molecule has 2 amide bonds. The van der Waals surface area contributed by atoms with Gasteiger partial charge in [-0.25, -0.2) is 4.98 Å². The number of aromatic nitrogens is 1. The number of hydrogen-bond donors (Lipinski definition) is 1. The highest BCUT2D eigenvalue weighted by Gasteiger charge is 2.26. The van der Waals surface area contributed by atoms with Crippen LogP contribution in [0.1, 0.15) is 32.1 Å². The molecule has 0 saturated carbocycles. The van der Waals surface area contributed by atoms with Crippen molar-refractivity contribution in [1.82, 2.24) is 14.8 Å². The third-order valence-corrected chi connectivity index (χ3v) is 5.40. The number of rotatable bonds is 6. The minimum Gasteiger partial charge on any atom is -0.343 e. The van der Waals surface area contributed by atoms with Gasteiger partial charge in [0.2, 0.25) is 11.8 Å². The summed E-state index contributed by atoms with van der Waals surface area (Å²) in [6.07, 6.45) is 6.32. The number of nitrogens with one attached hydrogen (secondary N) is 1. The fraction of sp³-hybridized carbons (Fsp3) is 0.611. The SMILES string of the molecule is O=C(Nc1ccc(Br)cn1)C1CCCN(CCCN2CCCC2=O)C1. The molecule has 3 heterocycles. The second-order valence-electron chi connectivity index (χ2n) is 6.83. The molecule has 3 rings (SSSR count). The van der Waals surface area contributed by atoms with Gasteiger partial charge in [0.05, 0.1) is 5.92 Å². The lowest BCUT2D eigenvalue weighted by atomic mass is 9.97. The zero-order valence-corrected chi connectivity index (χ0v) is 16.0. The Balaban J connectivity index is 1.43. The predicted octanol–water partition coefficient (Wildman–Crippen LogP) is 2.51. The first-order valence-electron chi connectivity index (χ1n) is 9.04. The quantitative estimate of drug-likeness (QED) is 0.784. The van der Waals surface area contributed by atoms with Gasteiger partial charge in [0.1, 0.15) is 5.82 Å². The molecule has 0 radical (unpaired) electrons. The average Bonchev–Trinajstić information content (AvgIpc) is 3.02. The zero-order chi connectivity index (χ0) is 17.6. The molecular formula is C18H25BrN4O2. The molecule has 2 fully saturated rings. The van der Waals surface area contributed by atoms with E-state index in [1.54, 1.807) is 12.3 Å². The maximum atomic E-state index is 12.5. The summed E-state index contributed by atoms with van der Waals surface area (Å²) >= 11 is 3.34. The molecule has 6 nitrogen and oxygen atoms in total. The van der Waals surface area contributed by atoms with Crippen LogP contribution in [-0.4, -0.2) is 59.3 Å². The zero-order valence-electron chi connectivity index (χ0n) is 14.4. The number of hydrogen-bond acceptors (Lipinski definition) is 4. The Morgan fingerprint density at radius 1 is 1.28 bits per heavy atom. The molecule has 0 spiro atoms. The highest BCUT2D eigenvalue weighted by Crippen LogP contribution is 2.19. The molecule has 2 aliphatic heterocycles. The lowest BCUT2D eigenvalue weighted by molar-refractivity contribution is -0.127. The number of nitrogens with zero attached hydrogens (tertiary/aromatic N) is 3. The molecule has 1 N–H and O–H groups in total. The van der Waals surface area contributed by atoms with Gasteiger partial charge in [-0.15, -0.1) is 0 Å². The van der Waals surface area contributed by atoms with Crippen LogP contribution in [-0.2, 0) is 9.59 Å². The first-order valence-corrected chi connectivity index (χ1v) is 9.83. The largest absolute Gasteiger partial charge is 0.343 e. The molecule has 1 aromatic heterocycles. The first kappa shape index (κ1) is 18.3. The van der Waals surface area contributed by atoms with Gasteiger partial charge >= 0.3 is 0 Å². The molecular weight excluding hydrogens is 384 g/mol. The molecule has 136 valence electrons. The van der Waals surface area contributed by atoms with Crippen LogP contribution in [0.3, 0.4) is 0 Å². The van der Waals surface area contributed by atoms with Crippen LogP contribution >= 0.6 is 15.9 Å². The number of amides is 2. The Hall–Kier alpha value is -1.47. The fourth-order valence-corrected chi connectivity index (χ4v) is 3.81. The Morgan fingerprint density at radius 3 is 2.88 bits per heavy atom. The molecule has 1 atom stereocenters. The molecule has 2 saturated heterocycles. The van der Waals surface area contributed by atoms with E-state index in [0.29, 0.717) is 12.2 Å². The summed E-state index contributed by atoms with van der Waals surface area (Å²) in [6, 6.07) is 3.67. The summed E-state index contributed by atoms with van der Waals surface area (Å²) in [5, 5.41) is 2.92. The standard InChI is InChI=1S/C18H25BrN4O2/c19-15-6-7-16(20-12-15)21-18(25)14-4-1-8-22(13-14)9-3-11-23-10-2-5-17(23)24/h6-7,12,14H,1-5,8-11,13H2,(H,20,21,25). The molecule has 2 aliphatic rings. The van der Waals surface area contributed by atoms with Gasteiger partial charge in [-0.3, -0.25) is 9.59 Å². The Morgan fingerprint density at radius 2 is 2.16 bits per heavy atom. The van der Waals surface area contributed by atoms with Gasteiger partial charge in [0.15, 0.2) is 0 Å². The maximum absolute atomic E-state index is 12.5. The monoisotopic (exact) mass is 408 g/mol. The number of carbonyl (C=O) groups is 2. The van der Waals surface area contributed by atoms with E-state index < -0.39 is 0 Å². The molecule has 7 heteroatoms. The van der Waals surface area contributed by atoms with Crippen LogP contribution in [0.2, 0.25) is 0 Å². The minimum absolute atomic E-state index is 0.00705. The maximum Gasteiger partial charge on any atom is 0.229 e. The van der Waals surface area contributed by atoms with Crippen molar-refractivity contribution < 1.29 is 9.59 Å². The van der Waals surface area contributed by atoms with Crippen LogP contribution < -0.4 is 5.32 Å². The summed E-state index contributed by atoms with van der Waals surface area (Å²) in [5.74, 6) is 0.942. The average molecular weight is 409 g/mol. The highest BCUT2D eigenvalue weighted by atomic mass is 79.9. The van der Waals surface area contributed by atoms with Gasteiger partial charge in [-0.1, -0.05) is 0 Å². The van der Waals surface area contributed by atoms with Crippen molar-refractivity contribution in [3.63, 3.8) is 0 Å². The van der Waals surface area contributed by atoms with E-state index in [-0.39, 0.29) is 17.7 Å². The normalized spacial score (nSPS) is 21.6. The molecule has 1 aromatic rings. The van der Waals surface area contributed by atoms with Gasteiger partial charge in [0.25, 0.3) is 0 Å². The van der Waals surface area contributed by atoms with E-state index in [0.717, 1.165) is 62.9 Å². The summed E-state index contributed by atoms with van der Waals surface area (Å²) in [5.41, 5.74) is 0. The molecule has 0 aliphatic carbocycles. The van der Waals surface area contributed by atoms with E-state index >= 15 is 0 Å². The van der Waals surface area contributed by atoms with Crippen LogP contribution in [0.15, 0.2) is 22.8 Å². The number of anilines is 1. The second-order valence-corrected chi connectivity index (χ2v) is 7.74. The number of piperidine rings is 1. The predicted molar refractivity (Wildman–Crippen MR) is 100 cm³/mol. The van der Waals surface area contributed by atoms with Crippen molar-refractivity contribution in [3.05, 3.63) is 22.8 Å². The summed E-state index contributed by atoms with van der Waals surface area (Å²) in [7, 11) is 0. The second kappa shape index (κ2) is 8.76. The van der Waals surface area contributed by atoms with E-state index in [1.165, 1.54) is 0 Å². The van der Waals surface area contributed by atoms with Crippen molar-refractivity contribution in [2.45, 2.75) is 32.1 Å². The van der Waals surface area contributed by atoms with Gasteiger partial charge < -0.3 is 15.1 Å².